The van der Waals surface area contributed by atoms with Gasteiger partial charge in [0, 0.05) is 43.0 Å². The molecule has 1 aromatic rings. The lowest BCUT2D eigenvalue weighted by Crippen LogP contribution is -2.36. The molecule has 0 atom stereocenters. The molecule has 0 aliphatic carbocycles. The van der Waals surface area contributed by atoms with Crippen molar-refractivity contribution in [3.8, 4) is 0 Å². The molecule has 2 saturated heterocycles. The van der Waals surface area contributed by atoms with Crippen molar-refractivity contribution in [3.05, 3.63) is 35.4 Å². The van der Waals surface area contributed by atoms with E-state index in [0.29, 0.717) is 6.42 Å². The van der Waals surface area contributed by atoms with E-state index in [1.807, 2.05) is 31.2 Å². The minimum absolute atomic E-state index is 0.0588. The largest absolute Gasteiger partial charge is 0.322 e. The van der Waals surface area contributed by atoms with Crippen molar-refractivity contribution in [2.75, 3.05) is 29.9 Å². The van der Waals surface area contributed by atoms with Crippen molar-refractivity contribution in [1.29, 1.82) is 0 Å². The van der Waals surface area contributed by atoms with Crippen LogP contribution in [0.3, 0.4) is 0 Å². The average Bonchev–Trinajstić information content (AvgIpc) is 2.84. The van der Waals surface area contributed by atoms with Crippen molar-refractivity contribution in [1.82, 2.24) is 5.32 Å². The number of anilines is 2. The van der Waals surface area contributed by atoms with Gasteiger partial charge in [-0.2, -0.15) is 0 Å². The summed E-state index contributed by atoms with van der Waals surface area (Å²) in [5.74, 6) is 0.112. The molecule has 0 spiro atoms. The van der Waals surface area contributed by atoms with Crippen LogP contribution in [-0.4, -0.2) is 31.4 Å². The van der Waals surface area contributed by atoms with Crippen molar-refractivity contribution >= 4 is 23.2 Å². The molecule has 5 heteroatoms. The second-order valence-corrected chi connectivity index (χ2v) is 5.48. The third kappa shape index (κ3) is 2.83. The highest BCUT2D eigenvalue weighted by Gasteiger charge is 2.21. The van der Waals surface area contributed by atoms with E-state index in [9.17, 15) is 9.59 Å². The van der Waals surface area contributed by atoms with Gasteiger partial charge in [0.05, 0.1) is 0 Å². The Bertz CT molecular complexity index is 598. The highest BCUT2D eigenvalue weighted by atomic mass is 16.2. The Morgan fingerprint density at radius 3 is 2.48 bits per heavy atom. The van der Waals surface area contributed by atoms with Gasteiger partial charge in [0.15, 0.2) is 0 Å². The Kier molecular flexibility index (Phi) is 3.75. The van der Waals surface area contributed by atoms with Gasteiger partial charge in [-0.3, -0.25) is 9.59 Å². The van der Waals surface area contributed by atoms with Gasteiger partial charge in [-0.25, -0.2) is 0 Å². The van der Waals surface area contributed by atoms with Gasteiger partial charge in [0.25, 0.3) is 5.91 Å². The fourth-order valence-corrected chi connectivity index (χ4v) is 2.55. The zero-order valence-corrected chi connectivity index (χ0v) is 12.1. The maximum Gasteiger partial charge on any atom is 0.251 e. The molecular weight excluding hydrogens is 266 g/mol. The minimum atomic E-state index is -0.0588. The number of nitrogens with one attached hydrogen (secondary N) is 2. The topological polar surface area (TPSA) is 61.4 Å². The molecule has 2 fully saturated rings. The molecule has 2 heterocycles. The first kappa shape index (κ1) is 13.8. The van der Waals surface area contributed by atoms with E-state index in [1.165, 1.54) is 0 Å². The lowest BCUT2D eigenvalue weighted by Gasteiger charge is -2.21. The Morgan fingerprint density at radius 2 is 1.95 bits per heavy atom. The standard InChI is InChI=1S/C16H19N3O2/c1-11(12-9-17-10-12)16(21)18-13-4-6-14(7-5-13)19-8-2-3-15(19)20/h4-7,17H,2-3,8-10H2,1H3,(H,18,21). The fraction of sp³-hybridized carbons (Fsp3) is 0.375. The molecule has 0 saturated carbocycles. The lowest BCUT2D eigenvalue weighted by atomic mass is 10.0. The van der Waals surface area contributed by atoms with Gasteiger partial charge in [0.2, 0.25) is 5.91 Å². The third-order valence-electron chi connectivity index (χ3n) is 4.06. The molecule has 0 unspecified atom stereocenters. The zero-order chi connectivity index (χ0) is 14.8. The maximum atomic E-state index is 12.1. The summed E-state index contributed by atoms with van der Waals surface area (Å²) in [7, 11) is 0. The summed E-state index contributed by atoms with van der Waals surface area (Å²) in [6, 6.07) is 7.45. The molecule has 2 amide bonds. The molecule has 0 radical (unpaired) electrons. The number of carbonyl (C=O) groups excluding carboxylic acids is 2. The summed E-state index contributed by atoms with van der Waals surface area (Å²) >= 11 is 0. The monoisotopic (exact) mass is 285 g/mol. The van der Waals surface area contributed by atoms with Crippen molar-refractivity contribution < 1.29 is 9.59 Å². The zero-order valence-electron chi connectivity index (χ0n) is 12.1. The number of benzene rings is 1. The fourth-order valence-electron chi connectivity index (χ4n) is 2.55. The van der Waals surface area contributed by atoms with Gasteiger partial charge in [-0.05, 0) is 43.2 Å². The molecule has 0 aromatic heterocycles. The number of hydrogen-bond donors (Lipinski definition) is 2. The lowest BCUT2D eigenvalue weighted by molar-refractivity contribution is -0.117. The van der Waals surface area contributed by atoms with E-state index in [-0.39, 0.29) is 11.8 Å². The van der Waals surface area contributed by atoms with Gasteiger partial charge >= 0.3 is 0 Å². The summed E-state index contributed by atoms with van der Waals surface area (Å²) in [5, 5.41) is 6.02. The maximum absolute atomic E-state index is 12.1. The molecule has 1 aromatic carbocycles. The molecule has 5 nitrogen and oxygen atoms in total. The molecular formula is C16H19N3O2. The molecule has 2 aliphatic heterocycles. The van der Waals surface area contributed by atoms with E-state index in [2.05, 4.69) is 10.6 Å². The first-order valence-corrected chi connectivity index (χ1v) is 7.26. The smallest absolute Gasteiger partial charge is 0.251 e. The number of rotatable bonds is 3. The van der Waals surface area contributed by atoms with Crippen molar-refractivity contribution in [2.24, 2.45) is 0 Å². The Morgan fingerprint density at radius 1 is 1.24 bits per heavy atom. The number of amides is 2. The van der Waals surface area contributed by atoms with E-state index in [0.717, 1.165) is 48.6 Å². The van der Waals surface area contributed by atoms with Gasteiger partial charge < -0.3 is 15.5 Å². The average molecular weight is 285 g/mol. The minimum Gasteiger partial charge on any atom is -0.322 e. The Balaban J connectivity index is 1.67. The van der Waals surface area contributed by atoms with Crippen LogP contribution in [0.1, 0.15) is 19.8 Å². The van der Waals surface area contributed by atoms with Crippen molar-refractivity contribution in [3.63, 3.8) is 0 Å². The van der Waals surface area contributed by atoms with Crippen LogP contribution in [0.25, 0.3) is 0 Å². The van der Waals surface area contributed by atoms with Gasteiger partial charge in [0.1, 0.15) is 0 Å². The van der Waals surface area contributed by atoms with E-state index in [4.69, 9.17) is 0 Å². The van der Waals surface area contributed by atoms with Crippen molar-refractivity contribution in [2.45, 2.75) is 19.8 Å². The van der Waals surface area contributed by atoms with Crippen LogP contribution in [0.5, 0.6) is 0 Å². The van der Waals surface area contributed by atoms with E-state index >= 15 is 0 Å². The number of hydrogen-bond acceptors (Lipinski definition) is 3. The van der Waals surface area contributed by atoms with Crippen LogP contribution in [0.2, 0.25) is 0 Å². The summed E-state index contributed by atoms with van der Waals surface area (Å²) in [6.45, 7) is 4.23. The molecule has 3 rings (SSSR count). The molecule has 2 aliphatic rings. The Labute approximate surface area is 124 Å². The highest BCUT2D eigenvalue weighted by Crippen LogP contribution is 2.23. The van der Waals surface area contributed by atoms with Crippen LogP contribution in [0.4, 0.5) is 11.4 Å². The second kappa shape index (κ2) is 5.69. The van der Waals surface area contributed by atoms with Crippen LogP contribution in [-0.2, 0) is 9.59 Å². The number of carbonyl (C=O) groups is 2. The SMILES string of the molecule is CC(C(=O)Nc1ccc(N2CCCC2=O)cc1)=C1CNC1. The van der Waals surface area contributed by atoms with Crippen LogP contribution in [0, 0.1) is 0 Å². The van der Waals surface area contributed by atoms with Crippen LogP contribution < -0.4 is 15.5 Å². The van der Waals surface area contributed by atoms with Gasteiger partial charge in [-0.1, -0.05) is 0 Å². The van der Waals surface area contributed by atoms with Gasteiger partial charge in [-0.15, -0.1) is 0 Å². The third-order valence-corrected chi connectivity index (χ3v) is 4.06. The summed E-state index contributed by atoms with van der Waals surface area (Å²) in [6.07, 6.45) is 1.54. The highest BCUT2D eigenvalue weighted by molar-refractivity contribution is 6.04. The normalized spacial score (nSPS) is 17.7. The molecule has 110 valence electrons. The first-order chi connectivity index (χ1) is 10.1. The molecule has 21 heavy (non-hydrogen) atoms. The summed E-state index contributed by atoms with van der Waals surface area (Å²) in [5.41, 5.74) is 3.59. The van der Waals surface area contributed by atoms with E-state index < -0.39 is 0 Å². The van der Waals surface area contributed by atoms with E-state index in [1.54, 1.807) is 4.90 Å². The Hall–Kier alpha value is -2.14. The predicted octanol–water partition coefficient (Wildman–Crippen LogP) is 1.67. The quantitative estimate of drug-likeness (QED) is 0.831. The predicted molar refractivity (Wildman–Crippen MR) is 82.2 cm³/mol. The second-order valence-electron chi connectivity index (χ2n) is 5.48. The van der Waals surface area contributed by atoms with Crippen LogP contribution in [0.15, 0.2) is 35.4 Å². The number of nitrogens with zero attached hydrogens (tertiary/aromatic N) is 1. The summed E-state index contributed by atoms with van der Waals surface area (Å²) < 4.78 is 0. The molecule has 0 bridgehead atoms. The summed E-state index contributed by atoms with van der Waals surface area (Å²) in [4.78, 5) is 25.6. The molecule has 2 N–H and O–H groups in total. The van der Waals surface area contributed by atoms with Crippen LogP contribution >= 0.6 is 0 Å². The first-order valence-electron chi connectivity index (χ1n) is 7.26.